The maximum absolute atomic E-state index is 12.3. The quantitative estimate of drug-likeness (QED) is 0.890. The van der Waals surface area contributed by atoms with Gasteiger partial charge in [-0.1, -0.05) is 17.7 Å². The van der Waals surface area contributed by atoms with Crippen molar-refractivity contribution in [1.82, 2.24) is 5.32 Å². The molecule has 6 heteroatoms. The van der Waals surface area contributed by atoms with Crippen LogP contribution >= 0.6 is 11.6 Å². The molecule has 5 nitrogen and oxygen atoms in total. The van der Waals surface area contributed by atoms with E-state index in [4.69, 9.17) is 16.3 Å². The van der Waals surface area contributed by atoms with E-state index in [1.54, 1.807) is 24.3 Å². The summed E-state index contributed by atoms with van der Waals surface area (Å²) in [5, 5.41) is 13.1. The Kier molecular flexibility index (Phi) is 2.70. The van der Waals surface area contributed by atoms with Crippen molar-refractivity contribution in [1.29, 1.82) is 0 Å². The lowest BCUT2D eigenvalue weighted by Gasteiger charge is -2.76. The molecule has 3 aliphatic carbocycles. The molecule has 2 bridgehead atoms. The average Bonchev–Trinajstić information content (AvgIpc) is 2.32. The molecule has 4 aliphatic rings. The van der Waals surface area contributed by atoms with Gasteiger partial charge in [0.2, 0.25) is 0 Å². The van der Waals surface area contributed by atoms with Crippen LogP contribution in [-0.2, 0) is 9.53 Å². The molecule has 1 aromatic carbocycles. The highest BCUT2D eigenvalue weighted by molar-refractivity contribution is 6.30. The number of ether oxygens (including phenoxy) is 1. The molecular weight excluding hydrogens is 306 g/mol. The number of carboxylic acid groups (broad SMARTS) is 1. The predicted octanol–water partition coefficient (Wildman–Crippen LogP) is 2.09. The molecule has 0 unspecified atom stereocenters. The normalized spacial score (nSPS) is 33.9. The molecule has 0 radical (unpaired) electrons. The third-order valence-electron chi connectivity index (χ3n) is 5.62. The van der Waals surface area contributed by atoms with Gasteiger partial charge in [0.1, 0.15) is 5.41 Å². The number of hydrogen-bond donors (Lipinski definition) is 2. The highest BCUT2D eigenvalue weighted by Gasteiger charge is 2.79. The van der Waals surface area contributed by atoms with Crippen LogP contribution in [0.4, 0.5) is 0 Å². The Hall–Kier alpha value is -1.59. The van der Waals surface area contributed by atoms with Crippen molar-refractivity contribution in [3.8, 4) is 0 Å². The van der Waals surface area contributed by atoms with E-state index in [1.165, 1.54) is 0 Å². The number of carboxylic acids is 1. The number of aliphatic carboxylic acids is 1. The van der Waals surface area contributed by atoms with E-state index in [9.17, 15) is 14.7 Å². The lowest BCUT2D eigenvalue weighted by Crippen LogP contribution is -2.83. The second-order valence-electron chi connectivity index (χ2n) is 6.94. The van der Waals surface area contributed by atoms with E-state index in [0.717, 1.165) is 19.3 Å². The van der Waals surface area contributed by atoms with Gasteiger partial charge in [0.15, 0.2) is 0 Å². The molecule has 1 saturated heterocycles. The molecule has 116 valence electrons. The van der Waals surface area contributed by atoms with Gasteiger partial charge in [0, 0.05) is 16.1 Å². The van der Waals surface area contributed by atoms with E-state index in [0.29, 0.717) is 23.8 Å². The highest BCUT2D eigenvalue weighted by Crippen LogP contribution is 2.75. The van der Waals surface area contributed by atoms with Crippen LogP contribution in [0, 0.1) is 10.8 Å². The van der Waals surface area contributed by atoms with Gasteiger partial charge in [0.25, 0.3) is 5.91 Å². The first-order valence-corrected chi connectivity index (χ1v) is 7.68. The molecule has 1 aliphatic heterocycles. The van der Waals surface area contributed by atoms with E-state index < -0.39 is 11.4 Å². The lowest BCUT2D eigenvalue weighted by molar-refractivity contribution is -0.295. The smallest absolute Gasteiger partial charge is 0.314 e. The summed E-state index contributed by atoms with van der Waals surface area (Å²) >= 11 is 5.90. The van der Waals surface area contributed by atoms with Crippen molar-refractivity contribution in [2.45, 2.75) is 24.8 Å². The molecule has 1 heterocycles. The van der Waals surface area contributed by atoms with Crippen LogP contribution in [0.5, 0.6) is 0 Å². The number of carbonyl (C=O) groups is 2. The topological polar surface area (TPSA) is 75.6 Å². The fourth-order valence-corrected chi connectivity index (χ4v) is 4.52. The van der Waals surface area contributed by atoms with Crippen molar-refractivity contribution >= 4 is 23.5 Å². The fraction of sp³-hybridized carbons (Fsp3) is 0.500. The SMILES string of the molecule is O=C(NC12CC(C3(C(=O)O)COC3)(C1)C2)c1cccc(Cl)c1. The number of benzene rings is 1. The van der Waals surface area contributed by atoms with E-state index in [1.807, 2.05) is 0 Å². The van der Waals surface area contributed by atoms with E-state index >= 15 is 0 Å². The first-order valence-electron chi connectivity index (χ1n) is 7.30. The third kappa shape index (κ3) is 1.64. The molecule has 22 heavy (non-hydrogen) atoms. The first-order chi connectivity index (χ1) is 10.4. The molecule has 4 fully saturated rings. The zero-order valence-corrected chi connectivity index (χ0v) is 12.7. The zero-order valence-electron chi connectivity index (χ0n) is 11.9. The summed E-state index contributed by atoms with van der Waals surface area (Å²) in [7, 11) is 0. The van der Waals surface area contributed by atoms with Gasteiger partial charge in [-0.2, -0.15) is 0 Å². The number of amides is 1. The minimum absolute atomic E-state index is 0.148. The van der Waals surface area contributed by atoms with Gasteiger partial charge in [-0.25, -0.2) is 0 Å². The minimum atomic E-state index is -0.770. The summed E-state index contributed by atoms with van der Waals surface area (Å²) in [6, 6.07) is 6.82. The van der Waals surface area contributed by atoms with Gasteiger partial charge < -0.3 is 15.2 Å². The van der Waals surface area contributed by atoms with Crippen molar-refractivity contribution in [3.05, 3.63) is 34.9 Å². The Morgan fingerprint density at radius 3 is 2.41 bits per heavy atom. The number of carbonyl (C=O) groups excluding carboxylic acids is 1. The molecule has 0 atom stereocenters. The lowest BCUT2D eigenvalue weighted by atomic mass is 9.31. The first kappa shape index (κ1) is 14.0. The maximum Gasteiger partial charge on any atom is 0.314 e. The van der Waals surface area contributed by atoms with Gasteiger partial charge in [-0.05, 0) is 42.9 Å². The highest BCUT2D eigenvalue weighted by atomic mass is 35.5. The van der Waals surface area contributed by atoms with Crippen molar-refractivity contribution in [2.24, 2.45) is 10.8 Å². The summed E-state index contributed by atoms with van der Waals surface area (Å²) in [4.78, 5) is 23.9. The molecule has 0 aromatic heterocycles. The van der Waals surface area contributed by atoms with E-state index in [-0.39, 0.29) is 16.9 Å². The Bertz CT molecular complexity index is 663. The maximum atomic E-state index is 12.3. The van der Waals surface area contributed by atoms with Crippen molar-refractivity contribution in [3.63, 3.8) is 0 Å². The van der Waals surface area contributed by atoms with Crippen LogP contribution in [0.2, 0.25) is 5.02 Å². The molecule has 0 spiro atoms. The Balaban J connectivity index is 1.44. The van der Waals surface area contributed by atoms with Crippen LogP contribution in [-0.4, -0.2) is 35.7 Å². The molecule has 1 aromatic rings. The molecule has 3 saturated carbocycles. The summed E-state index contributed by atoms with van der Waals surface area (Å²) in [6.45, 7) is 0.585. The predicted molar refractivity (Wildman–Crippen MR) is 78.8 cm³/mol. The largest absolute Gasteiger partial charge is 0.481 e. The standard InChI is InChI=1S/C16H16ClNO4/c17-11-3-1-2-10(4-11)12(19)18-15-5-14(6-15,7-15)16(13(20)21)8-22-9-16/h1-4H,5-9H2,(H,18,19)(H,20,21). The zero-order chi connectivity index (χ0) is 15.6. The van der Waals surface area contributed by atoms with Crippen LogP contribution in [0.25, 0.3) is 0 Å². The van der Waals surface area contributed by atoms with Crippen LogP contribution in [0.3, 0.4) is 0 Å². The summed E-state index contributed by atoms with van der Waals surface area (Å²) in [6.07, 6.45) is 2.17. The molecular formula is C16H16ClNO4. The van der Waals surface area contributed by atoms with E-state index in [2.05, 4.69) is 5.32 Å². The average molecular weight is 322 g/mol. The van der Waals surface area contributed by atoms with Crippen LogP contribution in [0.1, 0.15) is 29.6 Å². The van der Waals surface area contributed by atoms with Gasteiger partial charge in [-0.3, -0.25) is 9.59 Å². The monoisotopic (exact) mass is 321 g/mol. The minimum Gasteiger partial charge on any atom is -0.481 e. The van der Waals surface area contributed by atoms with Crippen LogP contribution in [0.15, 0.2) is 24.3 Å². The third-order valence-corrected chi connectivity index (χ3v) is 5.85. The molecule has 2 N–H and O–H groups in total. The van der Waals surface area contributed by atoms with Gasteiger partial charge in [-0.15, -0.1) is 0 Å². The number of rotatable bonds is 4. The summed E-state index contributed by atoms with van der Waals surface area (Å²) in [5.41, 5.74) is -0.641. The number of nitrogens with one attached hydrogen (secondary N) is 1. The second-order valence-corrected chi connectivity index (χ2v) is 7.37. The van der Waals surface area contributed by atoms with Crippen molar-refractivity contribution < 1.29 is 19.4 Å². The number of halogens is 1. The van der Waals surface area contributed by atoms with Crippen molar-refractivity contribution in [2.75, 3.05) is 13.2 Å². The Morgan fingerprint density at radius 1 is 1.23 bits per heavy atom. The molecule has 1 amide bonds. The van der Waals surface area contributed by atoms with Gasteiger partial charge in [0.05, 0.1) is 13.2 Å². The Morgan fingerprint density at radius 2 is 1.91 bits per heavy atom. The second kappa shape index (κ2) is 4.24. The van der Waals surface area contributed by atoms with Gasteiger partial charge >= 0.3 is 5.97 Å². The van der Waals surface area contributed by atoms with Crippen LogP contribution < -0.4 is 5.32 Å². The number of hydrogen-bond acceptors (Lipinski definition) is 3. The summed E-state index contributed by atoms with van der Waals surface area (Å²) < 4.78 is 5.16. The molecule has 5 rings (SSSR count). The fourth-order valence-electron chi connectivity index (χ4n) is 4.33. The summed E-state index contributed by atoms with van der Waals surface area (Å²) in [5.74, 6) is -0.918. The Labute approximate surface area is 132 Å².